The fourth-order valence-electron chi connectivity index (χ4n) is 2.56. The third-order valence-electron chi connectivity index (χ3n) is 3.66. The van der Waals surface area contributed by atoms with Gasteiger partial charge in [-0.05, 0) is 30.2 Å². The van der Waals surface area contributed by atoms with Crippen LogP contribution in [0.2, 0.25) is 0 Å². The number of carbonyl (C=O) groups excluding carboxylic acids is 1. The van der Waals surface area contributed by atoms with Crippen LogP contribution >= 0.6 is 0 Å². The second-order valence-electron chi connectivity index (χ2n) is 4.89. The predicted octanol–water partition coefficient (Wildman–Crippen LogP) is 1.88. The summed E-state index contributed by atoms with van der Waals surface area (Å²) in [5, 5.41) is 1.90. The third kappa shape index (κ3) is 2.22. The molecule has 0 saturated carbocycles. The Kier molecular flexibility index (Phi) is 3.00. The molecule has 0 N–H and O–H groups in total. The van der Waals surface area contributed by atoms with Crippen LogP contribution in [0, 0.1) is 5.92 Å². The summed E-state index contributed by atoms with van der Waals surface area (Å²) < 4.78 is 0. The van der Waals surface area contributed by atoms with Gasteiger partial charge in [0.25, 0.3) is 5.91 Å². The molecule has 0 bridgehead atoms. The van der Waals surface area contributed by atoms with E-state index in [0.29, 0.717) is 0 Å². The first kappa shape index (κ1) is 11.8. The number of nitrogens with zero attached hydrogens (tertiary/aromatic N) is 1. The first-order valence-corrected chi connectivity index (χ1v) is 6.48. The minimum Gasteiger partial charge on any atom is -0.272 e. The number of rotatable bonds is 2. The lowest BCUT2D eigenvalue weighted by Gasteiger charge is -2.17. The lowest BCUT2D eigenvalue weighted by Crippen LogP contribution is -2.37. The highest BCUT2D eigenvalue weighted by atomic mass is 16.1. The number of carbonyl (C=O) groups is 1. The fourth-order valence-corrected chi connectivity index (χ4v) is 2.56. The summed E-state index contributed by atoms with van der Waals surface area (Å²) in [6.45, 7) is 2.04. The Bertz CT molecular complexity index is 731. The van der Waals surface area contributed by atoms with Crippen LogP contribution in [0.25, 0.3) is 5.57 Å². The van der Waals surface area contributed by atoms with E-state index in [0.717, 1.165) is 22.6 Å². The minimum absolute atomic E-state index is 0.0277. The van der Waals surface area contributed by atoms with Crippen LogP contribution in [0.3, 0.4) is 0 Å². The maximum atomic E-state index is 12.2. The smallest absolute Gasteiger partial charge is 0.253 e. The molecule has 19 heavy (non-hydrogen) atoms. The Labute approximate surface area is 112 Å². The van der Waals surface area contributed by atoms with Crippen LogP contribution in [-0.2, 0) is 11.2 Å². The topological polar surface area (TPSA) is 29.4 Å². The summed E-state index contributed by atoms with van der Waals surface area (Å²) in [7, 11) is 0. The van der Waals surface area contributed by atoms with Crippen molar-refractivity contribution in [2.45, 2.75) is 13.3 Å². The summed E-state index contributed by atoms with van der Waals surface area (Å²) >= 11 is 0. The summed E-state index contributed by atoms with van der Waals surface area (Å²) in [5.74, 6) is -0.155. The van der Waals surface area contributed by atoms with Crippen LogP contribution in [0.1, 0.15) is 12.5 Å². The van der Waals surface area contributed by atoms with E-state index in [9.17, 15) is 4.79 Å². The summed E-state index contributed by atoms with van der Waals surface area (Å²) in [6.07, 6.45) is 0.726. The Morgan fingerprint density at radius 2 is 1.68 bits per heavy atom. The van der Waals surface area contributed by atoms with E-state index in [2.05, 4.69) is 17.1 Å². The molecular formula is C17H15NO. The predicted molar refractivity (Wildman–Crippen MR) is 74.9 cm³/mol. The SMILES string of the molecule is CC1=c2ccccc2=NC(=O)C1Cc1ccccc1. The number of amides is 1. The molecule has 94 valence electrons. The first-order valence-electron chi connectivity index (χ1n) is 6.48. The largest absolute Gasteiger partial charge is 0.272 e. The van der Waals surface area contributed by atoms with Gasteiger partial charge >= 0.3 is 0 Å². The summed E-state index contributed by atoms with van der Waals surface area (Å²) in [4.78, 5) is 16.4. The highest BCUT2D eigenvalue weighted by molar-refractivity contribution is 5.89. The van der Waals surface area contributed by atoms with Gasteiger partial charge in [-0.3, -0.25) is 4.79 Å². The second-order valence-corrected chi connectivity index (χ2v) is 4.89. The number of para-hydroxylation sites is 1. The molecule has 0 fully saturated rings. The van der Waals surface area contributed by atoms with E-state index < -0.39 is 0 Å². The standard InChI is InChI=1S/C17H15NO/c1-12-14-9-5-6-10-16(14)18-17(19)15(12)11-13-7-3-2-4-8-13/h2-10,15H,11H2,1H3. The number of benzene rings is 2. The molecule has 1 aliphatic heterocycles. The average Bonchev–Trinajstić information content (AvgIpc) is 2.45. The molecular weight excluding hydrogens is 234 g/mol. The summed E-state index contributed by atoms with van der Waals surface area (Å²) in [5.41, 5.74) is 2.30. The van der Waals surface area contributed by atoms with Crippen molar-refractivity contribution in [2.24, 2.45) is 10.9 Å². The van der Waals surface area contributed by atoms with Crippen LogP contribution in [0.15, 0.2) is 59.6 Å². The molecule has 0 spiro atoms. The Morgan fingerprint density at radius 3 is 2.47 bits per heavy atom. The molecule has 2 nitrogen and oxygen atoms in total. The zero-order valence-corrected chi connectivity index (χ0v) is 10.8. The molecule has 1 heterocycles. The molecule has 1 unspecified atom stereocenters. The summed E-state index contributed by atoms with van der Waals surface area (Å²) in [6, 6.07) is 18.0. The molecule has 2 aromatic carbocycles. The van der Waals surface area contributed by atoms with Crippen molar-refractivity contribution in [3.8, 4) is 0 Å². The lowest BCUT2D eigenvalue weighted by molar-refractivity contribution is -0.120. The number of fused-ring (bicyclic) bond motifs is 1. The normalized spacial score (nSPS) is 17.8. The quantitative estimate of drug-likeness (QED) is 0.799. The van der Waals surface area contributed by atoms with Gasteiger partial charge in [-0.1, -0.05) is 54.1 Å². The van der Waals surface area contributed by atoms with Gasteiger partial charge < -0.3 is 0 Å². The van der Waals surface area contributed by atoms with Crippen LogP contribution < -0.4 is 10.6 Å². The van der Waals surface area contributed by atoms with Crippen molar-refractivity contribution < 1.29 is 4.79 Å². The third-order valence-corrected chi connectivity index (χ3v) is 3.66. The van der Waals surface area contributed by atoms with Crippen molar-refractivity contribution in [3.63, 3.8) is 0 Å². The molecule has 2 aromatic rings. The highest BCUT2D eigenvalue weighted by Crippen LogP contribution is 2.19. The van der Waals surface area contributed by atoms with Crippen molar-refractivity contribution in [3.05, 3.63) is 70.7 Å². The maximum Gasteiger partial charge on any atom is 0.253 e. The number of hydrogen-bond acceptors (Lipinski definition) is 1. The van der Waals surface area contributed by atoms with Gasteiger partial charge in [-0.2, -0.15) is 0 Å². The molecule has 2 heteroatoms. The van der Waals surface area contributed by atoms with Gasteiger partial charge in [-0.25, -0.2) is 4.99 Å². The van der Waals surface area contributed by atoms with Crippen LogP contribution in [0.4, 0.5) is 0 Å². The minimum atomic E-state index is -0.128. The Hall–Kier alpha value is -2.22. The zero-order chi connectivity index (χ0) is 13.2. The number of hydrogen-bond donors (Lipinski definition) is 0. The first-order chi connectivity index (χ1) is 9.25. The molecule has 3 rings (SSSR count). The fraction of sp³-hybridized carbons (Fsp3) is 0.176. The van der Waals surface area contributed by atoms with Gasteiger partial charge in [0.15, 0.2) is 0 Å². The second kappa shape index (κ2) is 4.81. The maximum absolute atomic E-state index is 12.2. The molecule has 0 aliphatic carbocycles. The monoisotopic (exact) mass is 249 g/mol. The van der Waals surface area contributed by atoms with E-state index in [-0.39, 0.29) is 11.8 Å². The van der Waals surface area contributed by atoms with E-state index >= 15 is 0 Å². The van der Waals surface area contributed by atoms with E-state index in [1.165, 1.54) is 5.56 Å². The average molecular weight is 249 g/mol. The van der Waals surface area contributed by atoms with Gasteiger partial charge in [-0.15, -0.1) is 0 Å². The van der Waals surface area contributed by atoms with Crippen molar-refractivity contribution in [1.29, 1.82) is 0 Å². The van der Waals surface area contributed by atoms with Crippen LogP contribution in [0.5, 0.6) is 0 Å². The van der Waals surface area contributed by atoms with Gasteiger partial charge in [0, 0.05) is 0 Å². The molecule has 0 aromatic heterocycles. The Morgan fingerprint density at radius 1 is 1.00 bits per heavy atom. The van der Waals surface area contributed by atoms with Gasteiger partial charge in [0.1, 0.15) is 0 Å². The van der Waals surface area contributed by atoms with Crippen molar-refractivity contribution in [1.82, 2.24) is 0 Å². The molecule has 0 radical (unpaired) electrons. The van der Waals surface area contributed by atoms with Crippen molar-refractivity contribution in [2.75, 3.05) is 0 Å². The lowest BCUT2D eigenvalue weighted by atomic mass is 9.89. The van der Waals surface area contributed by atoms with Gasteiger partial charge in [0.05, 0.1) is 11.3 Å². The van der Waals surface area contributed by atoms with Crippen LogP contribution in [-0.4, -0.2) is 5.91 Å². The van der Waals surface area contributed by atoms with E-state index in [4.69, 9.17) is 0 Å². The van der Waals surface area contributed by atoms with E-state index in [1.54, 1.807) is 0 Å². The molecule has 1 amide bonds. The molecule has 0 saturated heterocycles. The zero-order valence-electron chi connectivity index (χ0n) is 10.8. The molecule has 1 aliphatic rings. The molecule has 1 atom stereocenters. The Balaban J connectivity index is 2.05. The van der Waals surface area contributed by atoms with Gasteiger partial charge in [0.2, 0.25) is 0 Å². The van der Waals surface area contributed by atoms with Crippen molar-refractivity contribution >= 4 is 11.5 Å². The highest BCUT2D eigenvalue weighted by Gasteiger charge is 2.23. The van der Waals surface area contributed by atoms with E-state index in [1.807, 2.05) is 49.4 Å².